The van der Waals surface area contributed by atoms with E-state index in [9.17, 15) is 4.79 Å². The van der Waals surface area contributed by atoms with Gasteiger partial charge in [-0.3, -0.25) is 0 Å². The van der Waals surface area contributed by atoms with Crippen LogP contribution in [0.4, 0.5) is 10.5 Å². The van der Waals surface area contributed by atoms with Gasteiger partial charge in [0.05, 0.1) is 23.5 Å². The topological polar surface area (TPSA) is 54.5 Å². The maximum atomic E-state index is 12.9. The number of carbonyl (C=O) groups excluding carboxylic acids is 1. The summed E-state index contributed by atoms with van der Waals surface area (Å²) < 4.78 is 5.41. The van der Waals surface area contributed by atoms with E-state index in [2.05, 4.69) is 5.32 Å². The van der Waals surface area contributed by atoms with Crippen LogP contribution in [0, 0.1) is 6.92 Å². The van der Waals surface area contributed by atoms with Crippen molar-refractivity contribution in [3.8, 4) is 5.75 Å². The number of fused-ring (bicyclic) bond motifs is 1. The van der Waals surface area contributed by atoms with Gasteiger partial charge in [-0.15, -0.1) is 11.3 Å². The van der Waals surface area contributed by atoms with E-state index < -0.39 is 0 Å². The second kappa shape index (κ2) is 7.89. The summed E-state index contributed by atoms with van der Waals surface area (Å²) in [4.78, 5) is 21.2. The molecule has 1 N–H and O–H groups in total. The second-order valence-corrected chi connectivity index (χ2v) is 8.61. The van der Waals surface area contributed by atoms with Crippen LogP contribution in [0.5, 0.6) is 5.75 Å². The zero-order valence-corrected chi connectivity index (χ0v) is 16.9. The first-order valence-electron chi connectivity index (χ1n) is 9.83. The lowest BCUT2D eigenvalue weighted by Crippen LogP contribution is -2.41. The summed E-state index contributed by atoms with van der Waals surface area (Å²) in [6.45, 7) is 3.52. The van der Waals surface area contributed by atoms with Gasteiger partial charge < -0.3 is 15.0 Å². The smallest absolute Gasteiger partial charge is 0.321 e. The predicted octanol–water partition coefficient (Wildman–Crippen LogP) is 4.75. The number of amides is 2. The summed E-state index contributed by atoms with van der Waals surface area (Å²) in [5, 5.41) is 4.29. The highest BCUT2D eigenvalue weighted by molar-refractivity contribution is 7.11. The van der Waals surface area contributed by atoms with Gasteiger partial charge in [0.25, 0.3) is 0 Å². The van der Waals surface area contributed by atoms with E-state index >= 15 is 0 Å². The van der Waals surface area contributed by atoms with Crippen LogP contribution in [-0.4, -0.2) is 36.1 Å². The lowest BCUT2D eigenvalue weighted by molar-refractivity contribution is 0.192. The van der Waals surface area contributed by atoms with Gasteiger partial charge in [-0.1, -0.05) is 12.1 Å². The van der Waals surface area contributed by atoms with Crippen molar-refractivity contribution >= 4 is 23.1 Å². The molecule has 1 fully saturated rings. The number of nitrogens with one attached hydrogen (secondary N) is 1. The average Bonchev–Trinajstić information content (AvgIpc) is 3.14. The molecule has 1 atom stereocenters. The lowest BCUT2D eigenvalue weighted by atomic mass is 9.98. The predicted molar refractivity (Wildman–Crippen MR) is 109 cm³/mol. The van der Waals surface area contributed by atoms with E-state index in [0.717, 1.165) is 43.6 Å². The van der Waals surface area contributed by atoms with E-state index in [1.54, 1.807) is 7.11 Å². The summed E-state index contributed by atoms with van der Waals surface area (Å²) in [5.74, 6) is 1.06. The Morgan fingerprint density at radius 3 is 2.96 bits per heavy atom. The van der Waals surface area contributed by atoms with E-state index in [1.807, 2.05) is 41.4 Å². The Hall–Kier alpha value is -2.08. The molecule has 1 aromatic carbocycles. The normalized spacial score (nSPS) is 19.5. The number of aromatic nitrogens is 1. The fraction of sp³-hybridized carbons (Fsp3) is 0.524. The molecule has 1 unspecified atom stereocenters. The first-order chi connectivity index (χ1) is 13.2. The Morgan fingerprint density at radius 2 is 2.15 bits per heavy atom. The molecule has 0 bridgehead atoms. The lowest BCUT2D eigenvalue weighted by Gasteiger charge is -2.32. The largest absolute Gasteiger partial charge is 0.495 e. The highest BCUT2D eigenvalue weighted by atomic mass is 32.1. The Labute approximate surface area is 164 Å². The van der Waals surface area contributed by atoms with Gasteiger partial charge in [-0.2, -0.15) is 0 Å². The van der Waals surface area contributed by atoms with E-state index in [-0.39, 0.29) is 6.03 Å². The fourth-order valence-electron chi connectivity index (χ4n) is 4.07. The van der Waals surface area contributed by atoms with Gasteiger partial charge in [0.2, 0.25) is 0 Å². The zero-order valence-electron chi connectivity index (χ0n) is 16.1. The van der Waals surface area contributed by atoms with Crippen molar-refractivity contribution in [2.24, 2.45) is 0 Å². The van der Waals surface area contributed by atoms with E-state index in [4.69, 9.17) is 9.72 Å². The molecule has 144 valence electrons. The number of hydrogen-bond acceptors (Lipinski definition) is 4. The highest BCUT2D eigenvalue weighted by Gasteiger charge is 2.28. The van der Waals surface area contributed by atoms with E-state index in [0.29, 0.717) is 11.7 Å². The molecule has 1 aliphatic heterocycles. The van der Waals surface area contributed by atoms with Gasteiger partial charge in [-0.25, -0.2) is 9.78 Å². The third-order valence-electron chi connectivity index (χ3n) is 5.61. The van der Waals surface area contributed by atoms with E-state index in [1.165, 1.54) is 34.8 Å². The number of thiazole rings is 1. The van der Waals surface area contributed by atoms with Gasteiger partial charge in [0, 0.05) is 23.9 Å². The number of aryl methyl sites for hydroxylation is 3. The number of anilines is 1. The third kappa shape index (κ3) is 3.81. The summed E-state index contributed by atoms with van der Waals surface area (Å²) in [6, 6.07) is 5.75. The number of para-hydroxylation sites is 1. The number of ether oxygens (including phenoxy) is 1. The summed E-state index contributed by atoms with van der Waals surface area (Å²) in [5.41, 5.74) is 3.08. The van der Waals surface area contributed by atoms with Crippen molar-refractivity contribution in [2.45, 2.75) is 51.4 Å². The first kappa shape index (κ1) is 18.3. The Morgan fingerprint density at radius 1 is 1.30 bits per heavy atom. The van der Waals surface area contributed by atoms with Crippen molar-refractivity contribution in [1.29, 1.82) is 0 Å². The van der Waals surface area contributed by atoms with Crippen molar-refractivity contribution in [3.05, 3.63) is 39.3 Å². The van der Waals surface area contributed by atoms with Crippen LogP contribution in [0.2, 0.25) is 0 Å². The molecule has 1 saturated heterocycles. The first-order valence-corrected chi connectivity index (χ1v) is 10.7. The maximum Gasteiger partial charge on any atom is 0.321 e. The number of methoxy groups -OCH3 is 1. The maximum absolute atomic E-state index is 12.9. The molecule has 0 saturated carbocycles. The Kier molecular flexibility index (Phi) is 5.34. The quantitative estimate of drug-likeness (QED) is 0.829. The van der Waals surface area contributed by atoms with Crippen LogP contribution in [0.3, 0.4) is 0 Å². The van der Waals surface area contributed by atoms with Crippen molar-refractivity contribution in [1.82, 2.24) is 9.88 Å². The molecule has 6 heteroatoms. The molecule has 27 heavy (non-hydrogen) atoms. The van der Waals surface area contributed by atoms with Crippen LogP contribution < -0.4 is 10.1 Å². The van der Waals surface area contributed by atoms with Crippen molar-refractivity contribution in [2.75, 3.05) is 25.5 Å². The van der Waals surface area contributed by atoms with Crippen LogP contribution in [-0.2, 0) is 12.8 Å². The van der Waals surface area contributed by atoms with Crippen molar-refractivity contribution < 1.29 is 9.53 Å². The number of benzene rings is 1. The fourth-order valence-corrected chi connectivity index (χ4v) is 5.35. The summed E-state index contributed by atoms with van der Waals surface area (Å²) in [6.07, 6.45) is 6.98. The summed E-state index contributed by atoms with van der Waals surface area (Å²) in [7, 11) is 1.63. The SMILES string of the molecule is COc1cccc(C)c1NC(=O)N1CCCC(c2nc3c(s2)CCCC3)C1. The molecule has 1 aromatic heterocycles. The Balaban J connectivity index is 1.47. The van der Waals surface area contributed by atoms with Crippen molar-refractivity contribution in [3.63, 3.8) is 0 Å². The van der Waals surface area contributed by atoms with Crippen LogP contribution in [0.1, 0.15) is 52.7 Å². The number of likely N-dealkylation sites (tertiary alicyclic amines) is 1. The second-order valence-electron chi connectivity index (χ2n) is 7.50. The van der Waals surface area contributed by atoms with Gasteiger partial charge >= 0.3 is 6.03 Å². The number of hydrogen-bond donors (Lipinski definition) is 1. The molecule has 2 heterocycles. The minimum absolute atomic E-state index is 0.0476. The minimum Gasteiger partial charge on any atom is -0.495 e. The molecule has 1 aliphatic carbocycles. The Bertz CT molecular complexity index is 809. The number of urea groups is 1. The third-order valence-corrected chi connectivity index (χ3v) is 6.93. The van der Waals surface area contributed by atoms with Gasteiger partial charge in [0.1, 0.15) is 5.75 Å². The zero-order chi connectivity index (χ0) is 18.8. The number of rotatable bonds is 3. The molecular formula is C21H27N3O2S. The van der Waals surface area contributed by atoms with Crippen LogP contribution >= 0.6 is 11.3 Å². The van der Waals surface area contributed by atoms with Gasteiger partial charge in [-0.05, 0) is 57.1 Å². The highest BCUT2D eigenvalue weighted by Crippen LogP contribution is 2.35. The molecule has 2 aliphatic rings. The minimum atomic E-state index is -0.0476. The summed E-state index contributed by atoms with van der Waals surface area (Å²) >= 11 is 1.88. The average molecular weight is 386 g/mol. The van der Waals surface area contributed by atoms with Crippen LogP contribution in [0.15, 0.2) is 18.2 Å². The molecule has 2 amide bonds. The van der Waals surface area contributed by atoms with Gasteiger partial charge in [0.15, 0.2) is 0 Å². The molecule has 0 radical (unpaired) electrons. The molecule has 2 aromatic rings. The monoisotopic (exact) mass is 385 g/mol. The molecule has 0 spiro atoms. The molecule has 5 nitrogen and oxygen atoms in total. The standard InChI is InChI=1S/C21H27N3O2S/c1-14-7-5-10-17(26-2)19(14)23-21(25)24-12-6-8-15(13-24)20-22-16-9-3-4-11-18(16)27-20/h5,7,10,15H,3-4,6,8-9,11-13H2,1-2H3,(H,23,25). The molecule has 4 rings (SSSR count). The van der Waals surface area contributed by atoms with Crippen LogP contribution in [0.25, 0.3) is 0 Å². The molecular weight excluding hydrogens is 358 g/mol. The number of piperidine rings is 1. The number of nitrogens with zero attached hydrogens (tertiary/aromatic N) is 2. The number of carbonyl (C=O) groups is 1.